The number of carbonyl (C=O) groups excluding carboxylic acids is 1. The van der Waals surface area contributed by atoms with Crippen LogP contribution in [0.3, 0.4) is 0 Å². The van der Waals surface area contributed by atoms with Crippen LogP contribution in [0.25, 0.3) is 6.08 Å². The fourth-order valence-electron chi connectivity index (χ4n) is 2.37. The summed E-state index contributed by atoms with van der Waals surface area (Å²) in [5, 5.41) is 20.8. The van der Waals surface area contributed by atoms with Crippen molar-refractivity contribution in [1.29, 1.82) is 5.26 Å². The third kappa shape index (κ3) is 3.93. The summed E-state index contributed by atoms with van der Waals surface area (Å²) in [4.78, 5) is 22.8. The van der Waals surface area contributed by atoms with E-state index in [1.54, 1.807) is 12.1 Å². The number of benzene rings is 1. The van der Waals surface area contributed by atoms with Crippen LogP contribution in [0.2, 0.25) is 0 Å². The lowest BCUT2D eigenvalue weighted by atomic mass is 10.1. The number of carbonyl (C=O) groups is 2. The van der Waals surface area contributed by atoms with E-state index in [9.17, 15) is 9.59 Å². The van der Waals surface area contributed by atoms with Crippen LogP contribution in [-0.2, 0) is 4.79 Å². The molecule has 2 N–H and O–H groups in total. The van der Waals surface area contributed by atoms with Crippen LogP contribution in [0, 0.1) is 11.3 Å². The fraction of sp³-hybridized carbons (Fsp3) is 0.312. The Morgan fingerprint density at radius 1 is 1.24 bits per heavy atom. The van der Waals surface area contributed by atoms with Crippen molar-refractivity contribution < 1.29 is 14.7 Å². The molecule has 0 atom stereocenters. The highest BCUT2D eigenvalue weighted by molar-refractivity contribution is 6.01. The standard InChI is InChI=1S/C16H16N2O3/c17-10-13(15(19)18-14-3-1-2-4-14)9-11-5-7-12(8-6-11)16(20)21/h5-9,14H,1-4H2,(H,18,19)(H,20,21)/b13-9-. The van der Waals surface area contributed by atoms with E-state index < -0.39 is 5.97 Å². The first-order chi connectivity index (χ1) is 10.1. The molecule has 21 heavy (non-hydrogen) atoms. The van der Waals surface area contributed by atoms with Gasteiger partial charge in [0.05, 0.1) is 5.56 Å². The van der Waals surface area contributed by atoms with E-state index in [1.165, 1.54) is 18.2 Å². The van der Waals surface area contributed by atoms with Crippen LogP contribution in [0.1, 0.15) is 41.6 Å². The Balaban J connectivity index is 2.10. The second-order valence-corrected chi connectivity index (χ2v) is 5.05. The Morgan fingerprint density at radius 3 is 2.38 bits per heavy atom. The number of hydrogen-bond acceptors (Lipinski definition) is 3. The van der Waals surface area contributed by atoms with E-state index in [0.29, 0.717) is 5.56 Å². The monoisotopic (exact) mass is 284 g/mol. The van der Waals surface area contributed by atoms with Gasteiger partial charge in [-0.3, -0.25) is 4.79 Å². The maximum Gasteiger partial charge on any atom is 0.335 e. The Morgan fingerprint density at radius 2 is 1.86 bits per heavy atom. The van der Waals surface area contributed by atoms with E-state index in [4.69, 9.17) is 10.4 Å². The molecule has 0 saturated heterocycles. The van der Waals surface area contributed by atoms with Crippen molar-refractivity contribution in [2.24, 2.45) is 0 Å². The minimum absolute atomic E-state index is 0.0324. The number of nitrogens with zero attached hydrogens (tertiary/aromatic N) is 1. The van der Waals surface area contributed by atoms with E-state index >= 15 is 0 Å². The molecule has 0 radical (unpaired) electrons. The van der Waals surface area contributed by atoms with E-state index in [0.717, 1.165) is 25.7 Å². The largest absolute Gasteiger partial charge is 0.478 e. The van der Waals surface area contributed by atoms with Crippen molar-refractivity contribution in [3.05, 3.63) is 41.0 Å². The van der Waals surface area contributed by atoms with Gasteiger partial charge in [-0.05, 0) is 36.6 Å². The number of rotatable bonds is 4. The van der Waals surface area contributed by atoms with Crippen molar-refractivity contribution in [3.8, 4) is 6.07 Å². The quantitative estimate of drug-likeness (QED) is 0.656. The number of aromatic carboxylic acids is 1. The summed E-state index contributed by atoms with van der Waals surface area (Å²) < 4.78 is 0. The third-order valence-electron chi connectivity index (χ3n) is 3.52. The molecule has 0 heterocycles. The van der Waals surface area contributed by atoms with Crippen molar-refractivity contribution >= 4 is 18.0 Å². The fourth-order valence-corrected chi connectivity index (χ4v) is 2.37. The normalized spacial score (nSPS) is 15.5. The Bertz CT molecular complexity index is 605. The molecule has 1 aromatic carbocycles. The van der Waals surface area contributed by atoms with E-state index in [2.05, 4.69) is 5.32 Å². The van der Waals surface area contributed by atoms with Gasteiger partial charge in [-0.2, -0.15) is 5.26 Å². The van der Waals surface area contributed by atoms with Gasteiger partial charge in [0.25, 0.3) is 5.91 Å². The molecule has 1 fully saturated rings. The second-order valence-electron chi connectivity index (χ2n) is 5.05. The molecule has 1 aliphatic rings. The molecule has 0 bridgehead atoms. The SMILES string of the molecule is N#C/C(=C/c1ccc(C(=O)O)cc1)C(=O)NC1CCCC1. The Hall–Kier alpha value is -2.61. The maximum atomic E-state index is 12.0. The van der Waals surface area contributed by atoms with Gasteiger partial charge in [0.2, 0.25) is 0 Å². The van der Waals surface area contributed by atoms with Crippen molar-refractivity contribution in [2.75, 3.05) is 0 Å². The van der Waals surface area contributed by atoms with Gasteiger partial charge >= 0.3 is 5.97 Å². The molecular weight excluding hydrogens is 268 g/mol. The minimum atomic E-state index is -1.01. The van der Waals surface area contributed by atoms with Crippen LogP contribution in [0.5, 0.6) is 0 Å². The highest BCUT2D eigenvalue weighted by Gasteiger charge is 2.19. The van der Waals surface area contributed by atoms with E-state index in [-0.39, 0.29) is 23.1 Å². The topological polar surface area (TPSA) is 90.2 Å². The van der Waals surface area contributed by atoms with Crippen molar-refractivity contribution in [3.63, 3.8) is 0 Å². The zero-order valence-corrected chi connectivity index (χ0v) is 11.5. The van der Waals surface area contributed by atoms with Crippen LogP contribution in [0.4, 0.5) is 0 Å². The van der Waals surface area contributed by atoms with Gasteiger partial charge in [0, 0.05) is 6.04 Å². The lowest BCUT2D eigenvalue weighted by molar-refractivity contribution is -0.117. The summed E-state index contributed by atoms with van der Waals surface area (Å²) in [7, 11) is 0. The molecule has 1 amide bonds. The summed E-state index contributed by atoms with van der Waals surface area (Å²) in [6.07, 6.45) is 5.59. The van der Waals surface area contributed by atoms with Crippen molar-refractivity contribution in [2.45, 2.75) is 31.7 Å². The number of nitrogens with one attached hydrogen (secondary N) is 1. The first kappa shape index (κ1) is 14.8. The van der Waals surface area contributed by atoms with Crippen LogP contribution < -0.4 is 5.32 Å². The molecule has 1 aliphatic carbocycles. The Labute approximate surface area is 122 Å². The highest BCUT2D eigenvalue weighted by Crippen LogP contribution is 2.18. The maximum absolute atomic E-state index is 12.0. The van der Waals surface area contributed by atoms with Gasteiger partial charge in [0.1, 0.15) is 11.6 Å². The number of nitriles is 1. The first-order valence-corrected chi connectivity index (χ1v) is 6.86. The molecule has 0 unspecified atom stereocenters. The lowest BCUT2D eigenvalue weighted by Crippen LogP contribution is -2.33. The zero-order chi connectivity index (χ0) is 15.2. The number of carboxylic acids is 1. The molecule has 0 spiro atoms. The summed E-state index contributed by atoms with van der Waals surface area (Å²) in [6, 6.07) is 8.08. The van der Waals surface area contributed by atoms with E-state index in [1.807, 2.05) is 6.07 Å². The van der Waals surface area contributed by atoms with Gasteiger partial charge in [0.15, 0.2) is 0 Å². The smallest absolute Gasteiger partial charge is 0.335 e. The zero-order valence-electron chi connectivity index (χ0n) is 11.5. The van der Waals surface area contributed by atoms with Crippen LogP contribution in [0.15, 0.2) is 29.8 Å². The molecule has 5 heteroatoms. The second kappa shape index (κ2) is 6.71. The van der Waals surface area contributed by atoms with Gasteiger partial charge in [-0.25, -0.2) is 4.79 Å². The molecule has 1 aromatic rings. The van der Waals surface area contributed by atoms with Gasteiger partial charge in [-0.1, -0.05) is 25.0 Å². The molecule has 5 nitrogen and oxygen atoms in total. The summed E-state index contributed by atoms with van der Waals surface area (Å²) in [6.45, 7) is 0. The Kier molecular flexibility index (Phi) is 4.72. The molecular formula is C16H16N2O3. The molecule has 1 saturated carbocycles. The third-order valence-corrected chi connectivity index (χ3v) is 3.52. The first-order valence-electron chi connectivity index (χ1n) is 6.86. The van der Waals surface area contributed by atoms with Crippen molar-refractivity contribution in [1.82, 2.24) is 5.32 Å². The summed E-state index contributed by atoms with van der Waals surface area (Å²) >= 11 is 0. The molecule has 0 aliphatic heterocycles. The number of amides is 1. The predicted octanol–water partition coefficient (Wildman–Crippen LogP) is 2.35. The molecule has 2 rings (SSSR count). The number of hydrogen-bond donors (Lipinski definition) is 2. The highest BCUT2D eigenvalue weighted by atomic mass is 16.4. The average molecular weight is 284 g/mol. The average Bonchev–Trinajstić information content (AvgIpc) is 2.98. The van der Waals surface area contributed by atoms with Gasteiger partial charge in [-0.15, -0.1) is 0 Å². The molecule has 0 aromatic heterocycles. The summed E-state index contributed by atoms with van der Waals surface area (Å²) in [5.74, 6) is -1.38. The lowest BCUT2D eigenvalue weighted by Gasteiger charge is -2.10. The predicted molar refractivity (Wildman–Crippen MR) is 77.4 cm³/mol. The van der Waals surface area contributed by atoms with Gasteiger partial charge < -0.3 is 10.4 Å². The minimum Gasteiger partial charge on any atom is -0.478 e. The summed E-state index contributed by atoms with van der Waals surface area (Å²) in [5.41, 5.74) is 0.823. The molecule has 108 valence electrons. The van der Waals surface area contributed by atoms with Crippen LogP contribution >= 0.6 is 0 Å². The van der Waals surface area contributed by atoms with Crippen LogP contribution in [-0.4, -0.2) is 23.0 Å². The number of carboxylic acid groups (broad SMARTS) is 1.